The van der Waals surface area contributed by atoms with E-state index in [4.69, 9.17) is 0 Å². The fourth-order valence-corrected chi connectivity index (χ4v) is 2.90. The van der Waals surface area contributed by atoms with Crippen LogP contribution < -0.4 is 10.6 Å². The van der Waals surface area contributed by atoms with Crippen molar-refractivity contribution in [3.05, 3.63) is 15.6 Å². The Hall–Kier alpha value is -0.940. The average molecular weight is 283 g/mol. The number of hydrogen-bond donors (Lipinski definition) is 2. The summed E-state index contributed by atoms with van der Waals surface area (Å²) in [7, 11) is 0. The molecule has 0 spiro atoms. The molecule has 1 rings (SSSR count). The van der Waals surface area contributed by atoms with Gasteiger partial charge in [-0.25, -0.2) is 4.98 Å². The summed E-state index contributed by atoms with van der Waals surface area (Å²) in [4.78, 5) is 17.4. The Labute approximate surface area is 120 Å². The van der Waals surface area contributed by atoms with Gasteiger partial charge < -0.3 is 10.6 Å². The highest BCUT2D eigenvalue weighted by Gasteiger charge is 2.14. The molecule has 0 radical (unpaired) electrons. The van der Waals surface area contributed by atoms with E-state index in [0.29, 0.717) is 12.5 Å². The Bertz CT molecular complexity index is 415. The molecule has 0 saturated carbocycles. The second kappa shape index (κ2) is 7.60. The van der Waals surface area contributed by atoms with Gasteiger partial charge in [-0.2, -0.15) is 0 Å². The van der Waals surface area contributed by atoms with Crippen LogP contribution >= 0.6 is 11.3 Å². The summed E-state index contributed by atoms with van der Waals surface area (Å²) >= 11 is 1.66. The molecular formula is C14H25N3OS. The Morgan fingerprint density at radius 3 is 2.53 bits per heavy atom. The van der Waals surface area contributed by atoms with Crippen LogP contribution in [-0.4, -0.2) is 23.5 Å². The molecule has 0 bridgehead atoms. The first-order valence-electron chi connectivity index (χ1n) is 6.86. The van der Waals surface area contributed by atoms with Crippen LogP contribution in [0.15, 0.2) is 0 Å². The van der Waals surface area contributed by atoms with Crippen molar-refractivity contribution in [2.75, 3.05) is 6.54 Å². The Balaban J connectivity index is 2.34. The molecule has 0 aromatic carbocycles. The van der Waals surface area contributed by atoms with Crippen LogP contribution in [0.3, 0.4) is 0 Å². The number of carbonyl (C=O) groups is 1. The van der Waals surface area contributed by atoms with E-state index in [-0.39, 0.29) is 11.9 Å². The minimum absolute atomic E-state index is 0.0526. The van der Waals surface area contributed by atoms with E-state index in [9.17, 15) is 4.79 Å². The number of thiazole rings is 1. The van der Waals surface area contributed by atoms with Gasteiger partial charge in [0.25, 0.3) is 0 Å². The molecule has 1 unspecified atom stereocenters. The molecule has 0 aliphatic carbocycles. The minimum Gasteiger partial charge on any atom is -0.349 e. The standard InChI is InChI=1S/C14H25N3OS/c1-9(2)15-8-6-7-13(18)17-11(4)14-10(3)16-12(5)19-14/h9,11,15H,6-8H2,1-5H3,(H,17,18). The van der Waals surface area contributed by atoms with Crippen molar-refractivity contribution in [2.24, 2.45) is 0 Å². The van der Waals surface area contributed by atoms with Crippen molar-refractivity contribution in [3.8, 4) is 0 Å². The van der Waals surface area contributed by atoms with Gasteiger partial charge in [-0.1, -0.05) is 13.8 Å². The van der Waals surface area contributed by atoms with Crippen LogP contribution in [0.1, 0.15) is 55.2 Å². The summed E-state index contributed by atoms with van der Waals surface area (Å²) in [6, 6.07) is 0.529. The molecule has 1 aromatic heterocycles. The van der Waals surface area contributed by atoms with E-state index in [1.807, 2.05) is 20.8 Å². The number of hydrogen-bond acceptors (Lipinski definition) is 4. The second-order valence-electron chi connectivity index (χ2n) is 5.18. The minimum atomic E-state index is 0.0526. The number of nitrogens with zero attached hydrogens (tertiary/aromatic N) is 1. The number of aromatic nitrogens is 1. The van der Waals surface area contributed by atoms with Gasteiger partial charge in [-0.3, -0.25) is 4.79 Å². The zero-order chi connectivity index (χ0) is 14.4. The van der Waals surface area contributed by atoms with Gasteiger partial charge >= 0.3 is 0 Å². The highest BCUT2D eigenvalue weighted by atomic mass is 32.1. The van der Waals surface area contributed by atoms with E-state index in [2.05, 4.69) is 29.5 Å². The summed E-state index contributed by atoms with van der Waals surface area (Å²) in [5.74, 6) is 0.114. The van der Waals surface area contributed by atoms with Crippen LogP contribution in [0.4, 0.5) is 0 Å². The Kier molecular flexibility index (Phi) is 6.45. The SMILES string of the molecule is Cc1nc(C)c(C(C)NC(=O)CCCNC(C)C)s1. The third-order valence-corrected chi connectivity index (χ3v) is 4.10. The van der Waals surface area contributed by atoms with E-state index in [0.717, 1.165) is 28.5 Å². The van der Waals surface area contributed by atoms with Gasteiger partial charge in [0.1, 0.15) is 0 Å². The van der Waals surface area contributed by atoms with Crippen molar-refractivity contribution in [2.45, 2.75) is 59.5 Å². The van der Waals surface area contributed by atoms with Crippen molar-refractivity contribution in [1.29, 1.82) is 0 Å². The van der Waals surface area contributed by atoms with Crippen molar-refractivity contribution in [1.82, 2.24) is 15.6 Å². The summed E-state index contributed by atoms with van der Waals surface area (Å²) < 4.78 is 0. The Morgan fingerprint density at radius 1 is 1.32 bits per heavy atom. The van der Waals surface area contributed by atoms with E-state index in [1.165, 1.54) is 0 Å². The van der Waals surface area contributed by atoms with Gasteiger partial charge in [-0.05, 0) is 33.7 Å². The van der Waals surface area contributed by atoms with Crippen LogP contribution in [0, 0.1) is 13.8 Å². The highest BCUT2D eigenvalue weighted by Crippen LogP contribution is 2.24. The third kappa shape index (κ3) is 5.70. The molecule has 1 atom stereocenters. The van der Waals surface area contributed by atoms with E-state index in [1.54, 1.807) is 11.3 Å². The van der Waals surface area contributed by atoms with Crippen LogP contribution in [-0.2, 0) is 4.79 Å². The van der Waals surface area contributed by atoms with E-state index < -0.39 is 0 Å². The number of amides is 1. The molecule has 5 heteroatoms. The van der Waals surface area contributed by atoms with Gasteiger partial charge in [0.15, 0.2) is 0 Å². The molecule has 2 N–H and O–H groups in total. The maximum Gasteiger partial charge on any atom is 0.220 e. The number of aryl methyl sites for hydroxylation is 2. The van der Waals surface area contributed by atoms with Crippen molar-refractivity contribution >= 4 is 17.2 Å². The topological polar surface area (TPSA) is 54.0 Å². The molecule has 108 valence electrons. The molecule has 4 nitrogen and oxygen atoms in total. The quantitative estimate of drug-likeness (QED) is 0.757. The molecule has 1 heterocycles. The highest BCUT2D eigenvalue weighted by molar-refractivity contribution is 7.11. The molecule has 0 aliphatic rings. The zero-order valence-corrected chi connectivity index (χ0v) is 13.4. The van der Waals surface area contributed by atoms with Crippen molar-refractivity contribution in [3.63, 3.8) is 0 Å². The fourth-order valence-electron chi connectivity index (χ4n) is 1.97. The fraction of sp³-hybridized carbons (Fsp3) is 0.714. The summed E-state index contributed by atoms with van der Waals surface area (Å²) in [6.07, 6.45) is 1.44. The predicted molar refractivity (Wildman–Crippen MR) is 80.5 cm³/mol. The lowest BCUT2D eigenvalue weighted by Gasteiger charge is -2.13. The first kappa shape index (κ1) is 16.1. The molecule has 0 fully saturated rings. The molecular weight excluding hydrogens is 258 g/mol. The second-order valence-corrected chi connectivity index (χ2v) is 6.42. The molecule has 1 aromatic rings. The first-order valence-corrected chi connectivity index (χ1v) is 7.68. The third-order valence-electron chi connectivity index (χ3n) is 2.84. The van der Waals surface area contributed by atoms with Gasteiger partial charge in [-0.15, -0.1) is 11.3 Å². The van der Waals surface area contributed by atoms with Gasteiger partial charge in [0.05, 0.1) is 16.7 Å². The summed E-state index contributed by atoms with van der Waals surface area (Å²) in [6.45, 7) is 11.1. The smallest absolute Gasteiger partial charge is 0.220 e. The van der Waals surface area contributed by atoms with Crippen molar-refractivity contribution < 1.29 is 4.79 Å². The van der Waals surface area contributed by atoms with Crippen LogP contribution in [0.5, 0.6) is 0 Å². The van der Waals surface area contributed by atoms with Gasteiger partial charge in [0, 0.05) is 17.3 Å². The lowest BCUT2D eigenvalue weighted by Crippen LogP contribution is -2.28. The maximum absolute atomic E-state index is 11.8. The monoisotopic (exact) mass is 283 g/mol. The van der Waals surface area contributed by atoms with Crippen LogP contribution in [0.2, 0.25) is 0 Å². The largest absolute Gasteiger partial charge is 0.349 e. The predicted octanol–water partition coefficient (Wildman–Crippen LogP) is 2.72. The van der Waals surface area contributed by atoms with Crippen LogP contribution in [0.25, 0.3) is 0 Å². The normalized spacial score (nSPS) is 12.7. The molecule has 0 aliphatic heterocycles. The summed E-state index contributed by atoms with van der Waals surface area (Å²) in [5, 5.41) is 7.40. The zero-order valence-electron chi connectivity index (χ0n) is 12.5. The van der Waals surface area contributed by atoms with E-state index >= 15 is 0 Å². The lowest BCUT2D eigenvalue weighted by atomic mass is 10.2. The van der Waals surface area contributed by atoms with Gasteiger partial charge in [0.2, 0.25) is 5.91 Å². The summed E-state index contributed by atoms with van der Waals surface area (Å²) in [5.41, 5.74) is 1.02. The lowest BCUT2D eigenvalue weighted by molar-refractivity contribution is -0.121. The molecule has 1 amide bonds. The maximum atomic E-state index is 11.8. The average Bonchev–Trinajstić information content (AvgIpc) is 2.64. The number of rotatable bonds is 7. The molecule has 0 saturated heterocycles. The number of nitrogens with one attached hydrogen (secondary N) is 2. The number of carbonyl (C=O) groups excluding carboxylic acids is 1. The first-order chi connectivity index (χ1) is 8.90. The Morgan fingerprint density at radius 2 is 2.00 bits per heavy atom. The molecule has 19 heavy (non-hydrogen) atoms.